The van der Waals surface area contributed by atoms with Gasteiger partial charge in [-0.3, -0.25) is 14.4 Å². The number of nitrogens with one attached hydrogen (secondary N) is 1. The van der Waals surface area contributed by atoms with Gasteiger partial charge in [-0.1, -0.05) is 48.5 Å². The van der Waals surface area contributed by atoms with Crippen LogP contribution >= 0.6 is 0 Å². The van der Waals surface area contributed by atoms with Gasteiger partial charge in [-0.2, -0.15) is 0 Å². The number of carbonyl (C=O) groups excluding carboxylic acids is 3. The summed E-state index contributed by atoms with van der Waals surface area (Å²) >= 11 is 0. The molecule has 1 aliphatic heterocycles. The van der Waals surface area contributed by atoms with Crippen molar-refractivity contribution in [1.82, 2.24) is 4.90 Å². The normalized spacial score (nSPS) is 15.0. The second-order valence-corrected chi connectivity index (χ2v) is 6.34. The lowest BCUT2D eigenvalue weighted by atomic mass is 9.93. The van der Waals surface area contributed by atoms with Gasteiger partial charge in [-0.15, -0.1) is 0 Å². The summed E-state index contributed by atoms with van der Waals surface area (Å²) in [7, 11) is 0. The zero-order chi connectivity index (χ0) is 19.1. The quantitative estimate of drug-likeness (QED) is 0.629. The molecule has 1 aliphatic rings. The zero-order valence-electron chi connectivity index (χ0n) is 15.0. The minimum Gasteiger partial charge on any atom is -0.378 e. The van der Waals surface area contributed by atoms with Gasteiger partial charge in [-0.25, -0.2) is 0 Å². The van der Waals surface area contributed by atoms with Gasteiger partial charge in [0, 0.05) is 30.8 Å². The van der Waals surface area contributed by atoms with E-state index in [0.717, 1.165) is 0 Å². The second kappa shape index (κ2) is 9.09. The Morgan fingerprint density at radius 1 is 0.926 bits per heavy atom. The first-order valence-electron chi connectivity index (χ1n) is 8.96. The summed E-state index contributed by atoms with van der Waals surface area (Å²) in [6, 6.07) is 17.5. The van der Waals surface area contributed by atoms with E-state index in [2.05, 4.69) is 5.32 Å². The summed E-state index contributed by atoms with van der Waals surface area (Å²) in [4.78, 5) is 40.0. The predicted octanol–water partition coefficient (Wildman–Crippen LogP) is 2.37. The van der Waals surface area contributed by atoms with Crippen LogP contribution in [0.25, 0.3) is 0 Å². The Kier molecular flexibility index (Phi) is 6.33. The van der Waals surface area contributed by atoms with E-state index >= 15 is 0 Å². The van der Waals surface area contributed by atoms with E-state index in [0.29, 0.717) is 37.6 Å². The lowest BCUT2D eigenvalue weighted by molar-refractivity contribution is -0.137. The van der Waals surface area contributed by atoms with Crippen LogP contribution in [0.15, 0.2) is 60.7 Å². The van der Waals surface area contributed by atoms with Crippen molar-refractivity contribution in [2.24, 2.45) is 5.92 Å². The van der Waals surface area contributed by atoms with E-state index in [4.69, 9.17) is 4.74 Å². The summed E-state index contributed by atoms with van der Waals surface area (Å²) in [5.74, 6) is -2.12. The number of hydrogen-bond donors (Lipinski definition) is 1. The number of para-hydroxylation sites is 1. The topological polar surface area (TPSA) is 75.7 Å². The number of carbonyl (C=O) groups is 3. The van der Waals surface area contributed by atoms with E-state index in [1.54, 1.807) is 59.5 Å². The van der Waals surface area contributed by atoms with Crippen LogP contribution in [0.5, 0.6) is 0 Å². The van der Waals surface area contributed by atoms with Crippen LogP contribution in [0.4, 0.5) is 5.69 Å². The van der Waals surface area contributed by atoms with Crippen LogP contribution in [0.1, 0.15) is 16.8 Å². The number of nitrogens with zero attached hydrogens (tertiary/aromatic N) is 1. The van der Waals surface area contributed by atoms with E-state index < -0.39 is 11.8 Å². The molecule has 6 nitrogen and oxygen atoms in total. The number of amides is 2. The minimum absolute atomic E-state index is 0.160. The number of morpholine rings is 1. The van der Waals surface area contributed by atoms with Crippen molar-refractivity contribution in [2.75, 3.05) is 31.6 Å². The van der Waals surface area contributed by atoms with Crippen molar-refractivity contribution < 1.29 is 19.1 Å². The largest absolute Gasteiger partial charge is 0.378 e. The van der Waals surface area contributed by atoms with Crippen molar-refractivity contribution in [1.29, 1.82) is 0 Å². The molecule has 6 heteroatoms. The average Bonchev–Trinajstić information content (AvgIpc) is 2.73. The highest BCUT2D eigenvalue weighted by Crippen LogP contribution is 2.18. The molecule has 0 radical (unpaired) electrons. The third kappa shape index (κ3) is 5.01. The van der Waals surface area contributed by atoms with Gasteiger partial charge in [0.05, 0.1) is 13.2 Å². The van der Waals surface area contributed by atoms with Gasteiger partial charge in [0.1, 0.15) is 5.92 Å². The maximum atomic E-state index is 12.9. The van der Waals surface area contributed by atoms with E-state index in [1.807, 2.05) is 6.07 Å². The fraction of sp³-hybridized carbons (Fsp3) is 0.286. The first kappa shape index (κ1) is 18.8. The molecule has 0 aliphatic carbocycles. The summed E-state index contributed by atoms with van der Waals surface area (Å²) < 4.78 is 5.26. The first-order valence-corrected chi connectivity index (χ1v) is 8.96. The molecule has 2 amide bonds. The van der Waals surface area contributed by atoms with Gasteiger partial charge in [0.15, 0.2) is 5.78 Å². The highest BCUT2D eigenvalue weighted by Gasteiger charge is 2.32. The number of Topliss-reactive ketones (excluding diaryl/α,β-unsaturated/α-hetero) is 1. The Morgan fingerprint density at radius 2 is 1.52 bits per heavy atom. The molecule has 1 N–H and O–H groups in total. The second-order valence-electron chi connectivity index (χ2n) is 6.34. The fourth-order valence-corrected chi connectivity index (χ4v) is 2.98. The Hall–Kier alpha value is -2.99. The molecule has 1 heterocycles. The van der Waals surface area contributed by atoms with Crippen LogP contribution < -0.4 is 5.32 Å². The maximum absolute atomic E-state index is 12.9. The third-order valence-corrected chi connectivity index (χ3v) is 4.48. The minimum atomic E-state index is -1.08. The number of rotatable bonds is 6. The van der Waals surface area contributed by atoms with Crippen LogP contribution in [0.3, 0.4) is 0 Å². The van der Waals surface area contributed by atoms with Crippen molar-refractivity contribution >= 4 is 23.3 Å². The van der Waals surface area contributed by atoms with Gasteiger partial charge in [0.2, 0.25) is 11.8 Å². The van der Waals surface area contributed by atoms with Gasteiger partial charge in [-0.05, 0) is 12.1 Å². The lowest BCUT2D eigenvalue weighted by Crippen LogP contribution is -2.43. The molecule has 0 bridgehead atoms. The highest BCUT2D eigenvalue weighted by atomic mass is 16.5. The number of ketones is 1. The average molecular weight is 366 g/mol. The van der Waals surface area contributed by atoms with E-state index in [-0.39, 0.29) is 18.1 Å². The Balaban J connectivity index is 1.78. The summed E-state index contributed by atoms with van der Waals surface area (Å²) in [6.45, 7) is 1.90. The van der Waals surface area contributed by atoms with E-state index in [9.17, 15) is 14.4 Å². The fourth-order valence-electron chi connectivity index (χ4n) is 2.98. The molecular formula is C21H22N2O4. The molecule has 2 aromatic carbocycles. The molecule has 0 saturated carbocycles. The summed E-state index contributed by atoms with van der Waals surface area (Å²) in [6.07, 6.45) is -0.160. The number of ether oxygens (including phenoxy) is 1. The molecule has 0 unspecified atom stereocenters. The summed E-state index contributed by atoms with van der Waals surface area (Å²) in [5, 5.41) is 2.75. The Morgan fingerprint density at radius 3 is 2.15 bits per heavy atom. The standard InChI is InChI=1S/C21H22N2O4/c24-19(23-11-13-27-14-12-23)15-18(20(25)16-7-3-1-4-8-16)21(26)22-17-9-5-2-6-10-17/h1-10,18H,11-15H2,(H,22,26)/t18-/m1/s1. The van der Waals surface area contributed by atoms with Crippen LogP contribution in [-0.2, 0) is 14.3 Å². The van der Waals surface area contributed by atoms with Crippen LogP contribution in [0, 0.1) is 5.92 Å². The third-order valence-electron chi connectivity index (χ3n) is 4.48. The van der Waals surface area contributed by atoms with Crippen LogP contribution in [0.2, 0.25) is 0 Å². The molecule has 1 atom stereocenters. The van der Waals surface area contributed by atoms with Crippen molar-refractivity contribution in [3.8, 4) is 0 Å². The SMILES string of the molecule is O=C(Nc1ccccc1)[C@H](CC(=O)N1CCOCC1)C(=O)c1ccccc1. The van der Waals surface area contributed by atoms with Crippen LogP contribution in [-0.4, -0.2) is 48.8 Å². The molecule has 140 valence electrons. The molecule has 1 saturated heterocycles. The number of benzene rings is 2. The van der Waals surface area contributed by atoms with Gasteiger partial charge >= 0.3 is 0 Å². The van der Waals surface area contributed by atoms with Crippen molar-refractivity contribution in [3.05, 3.63) is 66.2 Å². The monoisotopic (exact) mass is 366 g/mol. The van der Waals surface area contributed by atoms with Crippen molar-refractivity contribution in [2.45, 2.75) is 6.42 Å². The first-order chi connectivity index (χ1) is 13.1. The molecular weight excluding hydrogens is 344 g/mol. The number of hydrogen-bond acceptors (Lipinski definition) is 4. The summed E-state index contributed by atoms with van der Waals surface area (Å²) in [5.41, 5.74) is 1.01. The molecule has 1 fully saturated rings. The zero-order valence-corrected chi connectivity index (χ0v) is 15.0. The molecule has 2 aromatic rings. The number of anilines is 1. The molecule has 0 aromatic heterocycles. The predicted molar refractivity (Wildman–Crippen MR) is 101 cm³/mol. The molecule has 27 heavy (non-hydrogen) atoms. The highest BCUT2D eigenvalue weighted by molar-refractivity contribution is 6.15. The van der Waals surface area contributed by atoms with Gasteiger partial charge < -0.3 is 15.0 Å². The van der Waals surface area contributed by atoms with E-state index in [1.165, 1.54) is 0 Å². The molecule has 0 spiro atoms. The van der Waals surface area contributed by atoms with Crippen molar-refractivity contribution in [3.63, 3.8) is 0 Å². The smallest absolute Gasteiger partial charge is 0.235 e. The van der Waals surface area contributed by atoms with Gasteiger partial charge in [0.25, 0.3) is 0 Å². The maximum Gasteiger partial charge on any atom is 0.235 e. The Labute approximate surface area is 158 Å². The lowest BCUT2D eigenvalue weighted by Gasteiger charge is -2.28. The molecule has 3 rings (SSSR count). The Bertz CT molecular complexity index is 786.